The number of hydrogen-bond acceptors (Lipinski definition) is 4. The van der Waals surface area contributed by atoms with Gasteiger partial charge in [0.15, 0.2) is 0 Å². The monoisotopic (exact) mass is 180 g/mol. The lowest BCUT2D eigenvalue weighted by Gasteiger charge is -2.12. The van der Waals surface area contributed by atoms with Crippen molar-refractivity contribution in [1.82, 2.24) is 0 Å². The van der Waals surface area contributed by atoms with E-state index in [1.165, 1.54) is 6.92 Å². The smallest absolute Gasteiger partial charge is 0.394 e. The van der Waals surface area contributed by atoms with Crippen LogP contribution in [0.15, 0.2) is 0 Å². The van der Waals surface area contributed by atoms with Gasteiger partial charge in [-0.25, -0.2) is 0 Å². The lowest BCUT2D eigenvalue weighted by atomic mass is 10.9. The molecule has 0 spiro atoms. The van der Waals surface area contributed by atoms with E-state index in [0.29, 0.717) is 13.2 Å². The second-order valence-electron chi connectivity index (χ2n) is 1.64. The van der Waals surface area contributed by atoms with Gasteiger partial charge in [0.2, 0.25) is 0 Å². The van der Waals surface area contributed by atoms with Crippen molar-refractivity contribution in [2.75, 3.05) is 13.2 Å². The fourth-order valence-electron chi connectivity index (χ4n) is 0.406. The van der Waals surface area contributed by atoms with Crippen LogP contribution in [0.4, 0.5) is 0 Å². The van der Waals surface area contributed by atoms with Crippen LogP contribution in [0.2, 0.25) is 0 Å². The minimum absolute atomic E-state index is 0.377. The zero-order chi connectivity index (χ0) is 8.69. The van der Waals surface area contributed by atoms with Crippen molar-refractivity contribution < 1.29 is 18.4 Å². The first-order valence-electron chi connectivity index (χ1n) is 3.45. The van der Waals surface area contributed by atoms with Gasteiger partial charge in [0.05, 0.1) is 13.2 Å². The Bertz CT molecular complexity index is 111. The maximum atomic E-state index is 10.4. The fourth-order valence-corrected chi connectivity index (χ4v) is 1.22. The van der Waals surface area contributed by atoms with Crippen LogP contribution in [0.5, 0.6) is 0 Å². The minimum Gasteiger partial charge on any atom is -0.394 e. The molecule has 0 atom stereocenters. The molecule has 0 saturated heterocycles. The molecule has 0 aromatic heterocycles. The lowest BCUT2D eigenvalue weighted by molar-refractivity contribution is -0.132. The van der Waals surface area contributed by atoms with Gasteiger partial charge < -0.3 is 13.6 Å². The summed E-state index contributed by atoms with van der Waals surface area (Å²) in [6, 6.07) is 0. The third kappa shape index (κ3) is 6.23. The van der Waals surface area contributed by atoms with Crippen LogP contribution in [-0.2, 0) is 18.4 Å². The molecule has 4 nitrogen and oxygen atoms in total. The molecule has 0 aliphatic carbocycles. The predicted octanol–water partition coefficient (Wildman–Crippen LogP) is 1.85. The Morgan fingerprint density at radius 1 is 1.27 bits per heavy atom. The Kier molecular flexibility index (Phi) is 6.42. The molecule has 0 bridgehead atoms. The van der Waals surface area contributed by atoms with E-state index in [1.54, 1.807) is 0 Å². The summed E-state index contributed by atoms with van der Waals surface area (Å²) in [5, 5.41) is 0. The van der Waals surface area contributed by atoms with E-state index in [0.717, 1.165) is 0 Å². The van der Waals surface area contributed by atoms with Crippen molar-refractivity contribution in [2.45, 2.75) is 20.8 Å². The van der Waals surface area contributed by atoms with Crippen LogP contribution in [0.25, 0.3) is 0 Å². The summed E-state index contributed by atoms with van der Waals surface area (Å²) < 4.78 is 14.7. The van der Waals surface area contributed by atoms with E-state index in [-0.39, 0.29) is 5.97 Å². The Labute approximate surface area is 67.8 Å². The van der Waals surface area contributed by atoms with Crippen molar-refractivity contribution >= 4 is 14.6 Å². The van der Waals surface area contributed by atoms with Crippen LogP contribution >= 0.6 is 8.60 Å². The summed E-state index contributed by atoms with van der Waals surface area (Å²) in [5.41, 5.74) is 0. The Morgan fingerprint density at radius 3 is 2.00 bits per heavy atom. The summed E-state index contributed by atoms with van der Waals surface area (Å²) in [7, 11) is -1.45. The molecule has 5 heteroatoms. The van der Waals surface area contributed by atoms with E-state index >= 15 is 0 Å². The SMILES string of the molecule is CCOP(OCC)OC(C)=O. The van der Waals surface area contributed by atoms with Gasteiger partial charge >= 0.3 is 14.6 Å². The second kappa shape index (κ2) is 6.53. The molecule has 0 fully saturated rings. The molecule has 0 saturated carbocycles. The van der Waals surface area contributed by atoms with E-state index in [2.05, 4.69) is 0 Å². The van der Waals surface area contributed by atoms with Gasteiger partial charge in [-0.2, -0.15) is 0 Å². The van der Waals surface area contributed by atoms with Gasteiger partial charge in [0.25, 0.3) is 0 Å². The molecule has 66 valence electrons. The Hall–Kier alpha value is -0.180. The first-order valence-corrected chi connectivity index (χ1v) is 4.54. The van der Waals surface area contributed by atoms with Crippen LogP contribution in [0.3, 0.4) is 0 Å². The standard InChI is InChI=1S/C6H13O4P/c1-4-8-11(9-5-2)10-6(3)7/h4-5H2,1-3H3. The third-order valence-electron chi connectivity index (χ3n) is 0.672. The summed E-state index contributed by atoms with van der Waals surface area (Å²) in [6.07, 6.45) is 0. The summed E-state index contributed by atoms with van der Waals surface area (Å²) in [4.78, 5) is 10.4. The lowest BCUT2D eigenvalue weighted by Crippen LogP contribution is -1.99. The van der Waals surface area contributed by atoms with Crippen molar-refractivity contribution in [3.05, 3.63) is 0 Å². The molecule has 0 N–H and O–H groups in total. The van der Waals surface area contributed by atoms with E-state index in [4.69, 9.17) is 13.6 Å². The largest absolute Gasteiger partial charge is 0.399 e. The maximum absolute atomic E-state index is 10.4. The first kappa shape index (κ1) is 10.8. The molecule has 11 heavy (non-hydrogen) atoms. The van der Waals surface area contributed by atoms with Crippen molar-refractivity contribution in [1.29, 1.82) is 0 Å². The van der Waals surface area contributed by atoms with E-state index in [1.807, 2.05) is 13.8 Å². The highest BCUT2D eigenvalue weighted by molar-refractivity contribution is 7.42. The van der Waals surface area contributed by atoms with Gasteiger partial charge in [-0.3, -0.25) is 4.79 Å². The highest BCUT2D eigenvalue weighted by Crippen LogP contribution is 2.39. The summed E-state index contributed by atoms with van der Waals surface area (Å²) >= 11 is 0. The predicted molar refractivity (Wildman–Crippen MR) is 41.9 cm³/mol. The quantitative estimate of drug-likeness (QED) is 0.605. The molecular formula is C6H13O4P. The zero-order valence-electron chi connectivity index (χ0n) is 6.99. The summed E-state index contributed by atoms with van der Waals surface area (Å²) in [6.45, 7) is 5.93. The molecule has 0 rings (SSSR count). The molecule has 0 radical (unpaired) electrons. The highest BCUT2D eigenvalue weighted by Gasteiger charge is 2.13. The second-order valence-corrected chi connectivity index (χ2v) is 2.79. The summed E-state index contributed by atoms with van der Waals surface area (Å²) in [5.74, 6) is -0.377. The average molecular weight is 180 g/mol. The maximum Gasteiger partial charge on any atom is 0.399 e. The van der Waals surface area contributed by atoms with Crippen LogP contribution in [-0.4, -0.2) is 19.2 Å². The van der Waals surface area contributed by atoms with E-state index in [9.17, 15) is 4.79 Å². The molecule has 0 unspecified atom stereocenters. The molecule has 0 aromatic carbocycles. The van der Waals surface area contributed by atoms with Gasteiger partial charge in [0.1, 0.15) is 0 Å². The fraction of sp³-hybridized carbons (Fsp3) is 0.833. The molecule has 0 aliphatic heterocycles. The van der Waals surface area contributed by atoms with Crippen molar-refractivity contribution in [2.24, 2.45) is 0 Å². The van der Waals surface area contributed by atoms with Gasteiger partial charge in [0, 0.05) is 6.92 Å². The van der Waals surface area contributed by atoms with Gasteiger partial charge in [-0.05, 0) is 13.8 Å². The molecular weight excluding hydrogens is 167 g/mol. The zero-order valence-corrected chi connectivity index (χ0v) is 7.89. The average Bonchev–Trinajstić information content (AvgIpc) is 1.87. The number of carbonyl (C=O) groups is 1. The van der Waals surface area contributed by atoms with Crippen LogP contribution in [0.1, 0.15) is 20.8 Å². The molecule has 0 aromatic rings. The van der Waals surface area contributed by atoms with Crippen molar-refractivity contribution in [3.63, 3.8) is 0 Å². The highest BCUT2D eigenvalue weighted by atomic mass is 31.2. The Morgan fingerprint density at radius 2 is 1.73 bits per heavy atom. The number of rotatable bonds is 5. The minimum atomic E-state index is -1.45. The topological polar surface area (TPSA) is 44.8 Å². The van der Waals surface area contributed by atoms with Crippen LogP contribution < -0.4 is 0 Å². The van der Waals surface area contributed by atoms with Gasteiger partial charge in [-0.1, -0.05) is 0 Å². The van der Waals surface area contributed by atoms with Crippen molar-refractivity contribution in [3.8, 4) is 0 Å². The molecule has 0 heterocycles. The molecule has 0 amide bonds. The normalized spacial score (nSPS) is 10.2. The van der Waals surface area contributed by atoms with Crippen LogP contribution in [0, 0.1) is 0 Å². The third-order valence-corrected chi connectivity index (χ3v) is 2.02. The van der Waals surface area contributed by atoms with Gasteiger partial charge in [-0.15, -0.1) is 0 Å². The Balaban J connectivity index is 3.59. The first-order chi connectivity index (χ1) is 5.20. The van der Waals surface area contributed by atoms with E-state index < -0.39 is 8.60 Å². The molecule has 0 aliphatic rings. The number of carbonyl (C=O) groups excluding carboxylic acids is 1. The number of hydrogen-bond donors (Lipinski definition) is 0.